The van der Waals surface area contributed by atoms with Crippen molar-refractivity contribution in [1.82, 2.24) is 0 Å². The number of rotatable bonds is 1. The van der Waals surface area contributed by atoms with Gasteiger partial charge in [0.2, 0.25) is 0 Å². The third-order valence-electron chi connectivity index (χ3n) is 1.12. The van der Waals surface area contributed by atoms with E-state index in [9.17, 15) is 4.79 Å². The molecule has 0 unspecified atom stereocenters. The molecule has 1 aromatic carbocycles. The third kappa shape index (κ3) is 2.31. The van der Waals surface area contributed by atoms with Gasteiger partial charge >= 0.3 is 18.9 Å². The maximum Gasteiger partial charge on any atom is 1.00 e. The Morgan fingerprint density at radius 2 is 1.70 bits per heavy atom. The van der Waals surface area contributed by atoms with Crippen molar-refractivity contribution in [3.63, 3.8) is 0 Å². The molecule has 0 aromatic heterocycles. The average molecular weight is 126 g/mol. The summed E-state index contributed by atoms with van der Waals surface area (Å²) in [5.74, 6) is 0. The van der Waals surface area contributed by atoms with Crippen LogP contribution in [0, 0.1) is 6.92 Å². The van der Waals surface area contributed by atoms with Crippen LogP contribution >= 0.6 is 0 Å². The minimum atomic E-state index is 0. The average Bonchev–Trinajstić information content (AvgIpc) is 1.90. The van der Waals surface area contributed by atoms with Crippen LogP contribution in [0.4, 0.5) is 0 Å². The number of carbonyl (C=O) groups excluding carboxylic acids is 1. The molecule has 0 saturated carbocycles. The summed E-state index contributed by atoms with van der Waals surface area (Å²) in [6.45, 7) is 3.68. The largest absolute Gasteiger partial charge is 1.00 e. The maximum absolute atomic E-state index is 10.1. The van der Waals surface area contributed by atoms with Crippen molar-refractivity contribution in [3.8, 4) is 0 Å². The normalized spacial score (nSPS) is 8.00. The van der Waals surface area contributed by atoms with Crippen LogP contribution in [0.25, 0.3) is 0 Å². The Morgan fingerprint density at radius 3 is 2.10 bits per heavy atom. The second-order valence-corrected chi connectivity index (χ2v) is 1.86. The number of aldehydes is 1. The van der Waals surface area contributed by atoms with Crippen molar-refractivity contribution in [2.45, 2.75) is 0 Å². The zero-order chi connectivity index (χ0) is 6.69. The minimum absolute atomic E-state index is 0. The predicted octanol–water partition coefficient (Wildman–Crippen LogP) is -1.31. The van der Waals surface area contributed by atoms with Gasteiger partial charge < -0.3 is 0 Å². The first-order valence-electron chi connectivity index (χ1n) is 2.70. The quantitative estimate of drug-likeness (QED) is 0.259. The van der Waals surface area contributed by atoms with Crippen molar-refractivity contribution >= 4 is 6.29 Å². The van der Waals surface area contributed by atoms with Crippen LogP contribution in [0.3, 0.4) is 0 Å². The molecule has 1 rings (SSSR count). The summed E-state index contributed by atoms with van der Waals surface area (Å²) in [4.78, 5) is 10.1. The van der Waals surface area contributed by atoms with Crippen molar-refractivity contribution in [2.24, 2.45) is 0 Å². The van der Waals surface area contributed by atoms with Gasteiger partial charge in [0, 0.05) is 0 Å². The molecular weight excluding hydrogens is 119 g/mol. The molecule has 0 atom stereocenters. The molecule has 0 saturated heterocycles. The van der Waals surface area contributed by atoms with Crippen molar-refractivity contribution < 1.29 is 23.7 Å². The fraction of sp³-hybridized carbons (Fsp3) is 0. The van der Waals surface area contributed by atoms with Gasteiger partial charge in [-0.1, -0.05) is 0 Å². The van der Waals surface area contributed by atoms with Gasteiger partial charge in [-0.2, -0.15) is 24.6 Å². The van der Waals surface area contributed by atoms with E-state index in [0.717, 1.165) is 11.8 Å². The number of carbonyl (C=O) groups is 1. The molecular formula is C8H7LiO. The van der Waals surface area contributed by atoms with Crippen LogP contribution in [0.5, 0.6) is 0 Å². The molecule has 0 aliphatic rings. The summed E-state index contributed by atoms with van der Waals surface area (Å²) in [5.41, 5.74) is 1.63. The first-order chi connectivity index (χ1) is 4.33. The van der Waals surface area contributed by atoms with E-state index in [0.29, 0.717) is 5.56 Å². The molecule has 0 spiro atoms. The minimum Gasteiger partial charge on any atom is -0.298 e. The number of hydrogen-bond donors (Lipinski definition) is 0. The second kappa shape index (κ2) is 4.22. The Bertz CT molecular complexity index is 203. The topological polar surface area (TPSA) is 17.1 Å². The van der Waals surface area contributed by atoms with Crippen LogP contribution in [-0.2, 0) is 0 Å². The van der Waals surface area contributed by atoms with Gasteiger partial charge in [0.15, 0.2) is 0 Å². The van der Waals surface area contributed by atoms with Crippen LogP contribution in [0.1, 0.15) is 15.9 Å². The van der Waals surface area contributed by atoms with Gasteiger partial charge in [0.05, 0.1) is 0 Å². The first kappa shape index (κ1) is 9.36. The Labute approximate surface area is 72.6 Å². The van der Waals surface area contributed by atoms with Crippen molar-refractivity contribution in [2.75, 3.05) is 0 Å². The Hall–Kier alpha value is -0.643. The van der Waals surface area contributed by atoms with E-state index in [1.165, 1.54) is 0 Å². The Morgan fingerprint density at radius 1 is 1.20 bits per heavy atom. The summed E-state index contributed by atoms with van der Waals surface area (Å²) >= 11 is 0. The fourth-order valence-corrected chi connectivity index (χ4v) is 0.596. The van der Waals surface area contributed by atoms with E-state index in [1.54, 1.807) is 12.1 Å². The summed E-state index contributed by atoms with van der Waals surface area (Å²) in [6.07, 6.45) is 0.819. The van der Waals surface area contributed by atoms with Gasteiger partial charge in [0.1, 0.15) is 6.29 Å². The zero-order valence-corrected chi connectivity index (χ0v) is 6.00. The van der Waals surface area contributed by atoms with Crippen LogP contribution in [0.15, 0.2) is 24.3 Å². The monoisotopic (exact) mass is 126 g/mol. The molecule has 0 radical (unpaired) electrons. The second-order valence-electron chi connectivity index (χ2n) is 1.86. The van der Waals surface area contributed by atoms with Crippen LogP contribution in [0.2, 0.25) is 0 Å². The standard InChI is InChI=1S/C8H7O.Li/c1-7-2-4-8(6-9)5-3-7;/h2-6H,1H2;/q-1;+1. The summed E-state index contributed by atoms with van der Waals surface area (Å²) in [6, 6.07) is 7.11. The van der Waals surface area contributed by atoms with E-state index < -0.39 is 0 Å². The van der Waals surface area contributed by atoms with Crippen molar-refractivity contribution in [3.05, 3.63) is 42.3 Å². The van der Waals surface area contributed by atoms with Gasteiger partial charge in [-0.3, -0.25) is 4.79 Å². The molecule has 0 fully saturated rings. The van der Waals surface area contributed by atoms with Crippen LogP contribution in [-0.4, -0.2) is 6.29 Å². The molecule has 2 heteroatoms. The smallest absolute Gasteiger partial charge is 0.298 e. The first-order valence-corrected chi connectivity index (χ1v) is 2.70. The van der Waals surface area contributed by atoms with E-state index in [4.69, 9.17) is 0 Å². The van der Waals surface area contributed by atoms with E-state index >= 15 is 0 Å². The predicted molar refractivity (Wildman–Crippen MR) is 36.3 cm³/mol. The summed E-state index contributed by atoms with van der Waals surface area (Å²) in [5, 5.41) is 0. The van der Waals surface area contributed by atoms with E-state index in [2.05, 4.69) is 6.92 Å². The zero-order valence-electron chi connectivity index (χ0n) is 6.00. The van der Waals surface area contributed by atoms with Gasteiger partial charge in [-0.15, -0.1) is 12.1 Å². The molecule has 0 bridgehead atoms. The third-order valence-corrected chi connectivity index (χ3v) is 1.12. The summed E-state index contributed by atoms with van der Waals surface area (Å²) < 4.78 is 0. The molecule has 10 heavy (non-hydrogen) atoms. The van der Waals surface area contributed by atoms with E-state index in [1.807, 2.05) is 12.1 Å². The molecule has 0 heterocycles. The molecule has 0 N–H and O–H groups in total. The Balaban J connectivity index is 0.000000810. The summed E-state index contributed by atoms with van der Waals surface area (Å²) in [7, 11) is 0. The molecule has 46 valence electrons. The van der Waals surface area contributed by atoms with E-state index in [-0.39, 0.29) is 18.9 Å². The maximum atomic E-state index is 10.1. The fourth-order valence-electron chi connectivity index (χ4n) is 0.596. The Kier molecular flexibility index (Phi) is 3.95. The number of benzene rings is 1. The molecule has 0 aliphatic heterocycles. The number of hydrogen-bond acceptors (Lipinski definition) is 1. The van der Waals surface area contributed by atoms with Gasteiger partial charge in [-0.25, -0.2) is 0 Å². The van der Waals surface area contributed by atoms with Crippen LogP contribution < -0.4 is 18.9 Å². The van der Waals surface area contributed by atoms with Crippen molar-refractivity contribution in [1.29, 1.82) is 0 Å². The SMILES string of the molecule is [CH2-]c1ccc(C=O)cc1.[Li+]. The molecule has 0 amide bonds. The van der Waals surface area contributed by atoms with Gasteiger partial charge in [-0.05, 0) is 5.56 Å². The molecule has 0 aliphatic carbocycles. The molecule has 1 aromatic rings. The molecule has 1 nitrogen and oxygen atoms in total. The van der Waals surface area contributed by atoms with Gasteiger partial charge in [0.25, 0.3) is 0 Å².